The third-order valence-electron chi connectivity index (χ3n) is 6.39. The van der Waals surface area contributed by atoms with Crippen LogP contribution < -0.4 is 15.5 Å². The standard InChI is InChI=1S/C24H39N5O.HI/c1-5-25-24(26-16-20-11-12-22(28(3)4)15-18(20)2)27-21-13-14-29(17-21)23(30)19-9-7-6-8-10-19;/h11-12,15,19,21H,5-10,13-14,16-17H2,1-4H3,(H2,25,26,27);1H. The van der Waals surface area contributed by atoms with Gasteiger partial charge in [0.15, 0.2) is 5.96 Å². The van der Waals surface area contributed by atoms with Gasteiger partial charge in [-0.2, -0.15) is 0 Å². The molecule has 0 radical (unpaired) electrons. The minimum Gasteiger partial charge on any atom is -0.378 e. The van der Waals surface area contributed by atoms with Crippen LogP contribution in [0, 0.1) is 12.8 Å². The lowest BCUT2D eigenvalue weighted by molar-refractivity contribution is -0.135. The fraction of sp³-hybridized carbons (Fsp3) is 0.667. The zero-order valence-electron chi connectivity index (χ0n) is 19.6. The Labute approximate surface area is 205 Å². The number of hydrogen-bond donors (Lipinski definition) is 2. The zero-order chi connectivity index (χ0) is 21.5. The minimum atomic E-state index is 0. The van der Waals surface area contributed by atoms with Crippen molar-refractivity contribution in [3.8, 4) is 0 Å². The average molecular weight is 542 g/mol. The average Bonchev–Trinajstić information content (AvgIpc) is 3.21. The first kappa shape index (κ1) is 25.7. The molecule has 1 aromatic rings. The van der Waals surface area contributed by atoms with Gasteiger partial charge in [0.25, 0.3) is 0 Å². The summed E-state index contributed by atoms with van der Waals surface area (Å²) in [6.07, 6.45) is 6.83. The number of likely N-dealkylation sites (tertiary alicyclic amines) is 1. The highest BCUT2D eigenvalue weighted by atomic mass is 127. The highest BCUT2D eigenvalue weighted by molar-refractivity contribution is 14.0. The number of rotatable bonds is 6. The van der Waals surface area contributed by atoms with Gasteiger partial charge < -0.3 is 20.4 Å². The maximum Gasteiger partial charge on any atom is 0.225 e. The smallest absolute Gasteiger partial charge is 0.225 e. The Balaban J connectivity index is 0.00000341. The lowest BCUT2D eigenvalue weighted by Crippen LogP contribution is -2.45. The number of nitrogens with one attached hydrogen (secondary N) is 2. The molecular weight excluding hydrogens is 501 g/mol. The Bertz CT molecular complexity index is 745. The molecule has 1 aliphatic heterocycles. The molecule has 1 saturated heterocycles. The molecule has 1 heterocycles. The number of carbonyl (C=O) groups is 1. The van der Waals surface area contributed by atoms with Crippen LogP contribution in [0.3, 0.4) is 0 Å². The molecule has 1 aromatic carbocycles. The monoisotopic (exact) mass is 541 g/mol. The van der Waals surface area contributed by atoms with Crippen molar-refractivity contribution in [1.82, 2.24) is 15.5 Å². The van der Waals surface area contributed by atoms with E-state index in [1.54, 1.807) is 0 Å². The van der Waals surface area contributed by atoms with E-state index < -0.39 is 0 Å². The van der Waals surface area contributed by atoms with Gasteiger partial charge in [0.05, 0.1) is 6.54 Å². The predicted molar refractivity (Wildman–Crippen MR) is 140 cm³/mol. The molecule has 1 aliphatic carbocycles. The number of anilines is 1. The first-order valence-electron chi connectivity index (χ1n) is 11.6. The van der Waals surface area contributed by atoms with Crippen LogP contribution in [0.15, 0.2) is 23.2 Å². The first-order chi connectivity index (χ1) is 14.5. The van der Waals surface area contributed by atoms with Crippen LogP contribution in [0.25, 0.3) is 0 Å². The van der Waals surface area contributed by atoms with Crippen molar-refractivity contribution in [2.45, 2.75) is 65.0 Å². The Morgan fingerprint density at radius 3 is 2.58 bits per heavy atom. The van der Waals surface area contributed by atoms with Gasteiger partial charge in [0.1, 0.15) is 0 Å². The number of carbonyl (C=O) groups excluding carboxylic acids is 1. The topological polar surface area (TPSA) is 60.0 Å². The Hall–Kier alpha value is -1.51. The van der Waals surface area contributed by atoms with Crippen molar-refractivity contribution >= 4 is 41.5 Å². The highest BCUT2D eigenvalue weighted by Gasteiger charge is 2.31. The highest BCUT2D eigenvalue weighted by Crippen LogP contribution is 2.26. The summed E-state index contributed by atoms with van der Waals surface area (Å²) in [5.41, 5.74) is 3.70. The summed E-state index contributed by atoms with van der Waals surface area (Å²) < 4.78 is 0. The molecule has 0 spiro atoms. The number of hydrogen-bond acceptors (Lipinski definition) is 3. The number of benzene rings is 1. The van der Waals surface area contributed by atoms with E-state index >= 15 is 0 Å². The van der Waals surface area contributed by atoms with Crippen molar-refractivity contribution in [2.75, 3.05) is 38.6 Å². The van der Waals surface area contributed by atoms with Crippen molar-refractivity contribution in [2.24, 2.45) is 10.9 Å². The molecule has 31 heavy (non-hydrogen) atoms. The van der Waals surface area contributed by atoms with Crippen molar-refractivity contribution in [3.05, 3.63) is 29.3 Å². The molecule has 174 valence electrons. The van der Waals surface area contributed by atoms with E-state index in [1.165, 1.54) is 36.1 Å². The van der Waals surface area contributed by atoms with E-state index in [0.717, 1.165) is 44.9 Å². The number of amides is 1. The fourth-order valence-electron chi connectivity index (χ4n) is 4.50. The summed E-state index contributed by atoms with van der Waals surface area (Å²) in [5.74, 6) is 1.47. The molecule has 2 aliphatic rings. The van der Waals surface area contributed by atoms with Gasteiger partial charge in [-0.15, -0.1) is 24.0 Å². The lowest BCUT2D eigenvalue weighted by atomic mass is 9.88. The van der Waals surface area contributed by atoms with Gasteiger partial charge in [-0.3, -0.25) is 4.79 Å². The van der Waals surface area contributed by atoms with Crippen LogP contribution in [-0.4, -0.2) is 56.5 Å². The number of halogens is 1. The number of nitrogens with zero attached hydrogens (tertiary/aromatic N) is 3. The van der Waals surface area contributed by atoms with Gasteiger partial charge in [0, 0.05) is 51.4 Å². The zero-order valence-corrected chi connectivity index (χ0v) is 21.9. The first-order valence-corrected chi connectivity index (χ1v) is 11.6. The lowest BCUT2D eigenvalue weighted by Gasteiger charge is -2.26. The number of aryl methyl sites for hydroxylation is 1. The summed E-state index contributed by atoms with van der Waals surface area (Å²) in [4.78, 5) is 21.8. The largest absolute Gasteiger partial charge is 0.378 e. The molecule has 2 N–H and O–H groups in total. The quantitative estimate of drug-likeness (QED) is 0.326. The van der Waals surface area contributed by atoms with E-state index in [9.17, 15) is 4.79 Å². The maximum absolute atomic E-state index is 12.8. The van der Waals surface area contributed by atoms with E-state index in [1.807, 2.05) is 0 Å². The Kier molecular flexibility index (Phi) is 10.4. The van der Waals surface area contributed by atoms with E-state index in [2.05, 4.69) is 66.6 Å². The van der Waals surface area contributed by atoms with E-state index in [-0.39, 0.29) is 35.9 Å². The van der Waals surface area contributed by atoms with Crippen molar-refractivity contribution < 1.29 is 4.79 Å². The van der Waals surface area contributed by atoms with Gasteiger partial charge >= 0.3 is 0 Å². The molecule has 2 fully saturated rings. The minimum absolute atomic E-state index is 0. The Morgan fingerprint density at radius 1 is 1.19 bits per heavy atom. The molecule has 3 rings (SSSR count). The summed E-state index contributed by atoms with van der Waals surface area (Å²) in [6, 6.07) is 6.78. The van der Waals surface area contributed by atoms with Gasteiger partial charge in [-0.1, -0.05) is 25.3 Å². The molecule has 1 amide bonds. The van der Waals surface area contributed by atoms with Crippen LogP contribution >= 0.6 is 24.0 Å². The molecule has 6 nitrogen and oxygen atoms in total. The van der Waals surface area contributed by atoms with Gasteiger partial charge in [-0.25, -0.2) is 4.99 Å². The molecular formula is C24H40IN5O. The number of guanidine groups is 1. The molecule has 1 saturated carbocycles. The van der Waals surface area contributed by atoms with Crippen LogP contribution in [-0.2, 0) is 11.3 Å². The van der Waals surface area contributed by atoms with Crippen molar-refractivity contribution in [1.29, 1.82) is 0 Å². The van der Waals surface area contributed by atoms with E-state index in [4.69, 9.17) is 4.99 Å². The molecule has 7 heteroatoms. The summed E-state index contributed by atoms with van der Waals surface area (Å²) in [7, 11) is 4.12. The SMILES string of the molecule is CCNC(=NCc1ccc(N(C)C)cc1C)NC1CCN(C(=O)C2CCCCC2)C1.I. The predicted octanol–water partition coefficient (Wildman–Crippen LogP) is 3.92. The summed E-state index contributed by atoms with van der Waals surface area (Å²) in [6.45, 7) is 7.34. The Morgan fingerprint density at radius 2 is 1.94 bits per heavy atom. The fourth-order valence-corrected chi connectivity index (χ4v) is 4.50. The van der Waals surface area contributed by atoms with Crippen LogP contribution in [0.2, 0.25) is 0 Å². The molecule has 1 atom stereocenters. The summed E-state index contributed by atoms with van der Waals surface area (Å²) >= 11 is 0. The normalized spacial score (nSPS) is 19.7. The maximum atomic E-state index is 12.8. The molecule has 1 unspecified atom stereocenters. The van der Waals surface area contributed by atoms with Crippen LogP contribution in [0.4, 0.5) is 5.69 Å². The second kappa shape index (κ2) is 12.5. The van der Waals surface area contributed by atoms with Crippen LogP contribution in [0.1, 0.15) is 56.6 Å². The molecule has 0 aromatic heterocycles. The third kappa shape index (κ3) is 7.26. The van der Waals surface area contributed by atoms with Gasteiger partial charge in [0.2, 0.25) is 5.91 Å². The third-order valence-corrected chi connectivity index (χ3v) is 6.39. The van der Waals surface area contributed by atoms with Gasteiger partial charge in [-0.05, 0) is 56.4 Å². The summed E-state index contributed by atoms with van der Waals surface area (Å²) in [5, 5.41) is 6.92. The second-order valence-corrected chi connectivity index (χ2v) is 8.95. The number of aliphatic imine (C=N–C) groups is 1. The molecule has 0 bridgehead atoms. The van der Waals surface area contributed by atoms with Crippen molar-refractivity contribution in [3.63, 3.8) is 0 Å². The van der Waals surface area contributed by atoms with E-state index in [0.29, 0.717) is 12.5 Å². The second-order valence-electron chi connectivity index (χ2n) is 8.95. The van der Waals surface area contributed by atoms with Crippen LogP contribution in [0.5, 0.6) is 0 Å².